The van der Waals surface area contributed by atoms with E-state index in [9.17, 15) is 18.5 Å². The molecule has 10 heteroatoms. The van der Waals surface area contributed by atoms with E-state index in [0.29, 0.717) is 22.8 Å². The molecule has 0 spiro atoms. The van der Waals surface area contributed by atoms with Gasteiger partial charge in [0, 0.05) is 29.4 Å². The summed E-state index contributed by atoms with van der Waals surface area (Å²) in [6.07, 6.45) is 0.336. The third kappa shape index (κ3) is 4.26. The molecule has 27 heavy (non-hydrogen) atoms. The minimum Gasteiger partial charge on any atom is -0.266 e. The van der Waals surface area contributed by atoms with Crippen LogP contribution in [0.3, 0.4) is 0 Å². The normalized spacial score (nSPS) is 11.3. The summed E-state index contributed by atoms with van der Waals surface area (Å²) in [5, 5.41) is 13.5. The zero-order valence-corrected chi connectivity index (χ0v) is 16.2. The Morgan fingerprint density at radius 1 is 1.19 bits per heavy atom. The summed E-state index contributed by atoms with van der Waals surface area (Å²) in [6.45, 7) is 0.0631. The zero-order chi connectivity index (χ0) is 19.4. The topological polar surface area (TPSA) is 93.4 Å². The van der Waals surface area contributed by atoms with Crippen molar-refractivity contribution in [2.45, 2.75) is 11.3 Å². The van der Waals surface area contributed by atoms with E-state index < -0.39 is 20.6 Å². The SMILES string of the molecule is O=[N+]([O-])c1ccccc1S(=O)(=O)N(CCc1cs[c]n1)c1ccc(Cl)cc1. The van der Waals surface area contributed by atoms with Crippen LogP contribution in [-0.2, 0) is 16.4 Å². The molecular formula is C17H13ClN3O4S2. The monoisotopic (exact) mass is 422 g/mol. The van der Waals surface area contributed by atoms with Crippen molar-refractivity contribution in [1.82, 2.24) is 4.98 Å². The van der Waals surface area contributed by atoms with Gasteiger partial charge >= 0.3 is 0 Å². The highest BCUT2D eigenvalue weighted by Crippen LogP contribution is 2.30. The Hall–Kier alpha value is -2.49. The van der Waals surface area contributed by atoms with E-state index in [1.54, 1.807) is 29.6 Å². The molecule has 0 fully saturated rings. The summed E-state index contributed by atoms with van der Waals surface area (Å²) in [7, 11) is -4.18. The van der Waals surface area contributed by atoms with Gasteiger partial charge in [0.2, 0.25) is 0 Å². The highest BCUT2D eigenvalue weighted by Gasteiger charge is 2.31. The van der Waals surface area contributed by atoms with Gasteiger partial charge in [0.25, 0.3) is 15.7 Å². The van der Waals surface area contributed by atoms with Crippen LogP contribution in [0.25, 0.3) is 0 Å². The first-order chi connectivity index (χ1) is 12.9. The number of sulfonamides is 1. The molecule has 3 rings (SSSR count). The third-order valence-corrected chi connectivity index (χ3v) is 6.47. The molecule has 0 aliphatic carbocycles. The number of para-hydroxylation sites is 1. The fraction of sp³-hybridized carbons (Fsp3) is 0.118. The smallest absolute Gasteiger partial charge is 0.266 e. The Bertz CT molecular complexity index is 1040. The van der Waals surface area contributed by atoms with Gasteiger partial charge in [-0.15, -0.1) is 11.3 Å². The van der Waals surface area contributed by atoms with E-state index in [1.165, 1.54) is 35.6 Å². The fourth-order valence-electron chi connectivity index (χ4n) is 2.48. The van der Waals surface area contributed by atoms with E-state index in [1.807, 2.05) is 0 Å². The minimum absolute atomic E-state index is 0.0631. The minimum atomic E-state index is -4.18. The van der Waals surface area contributed by atoms with Crippen LogP contribution in [0.1, 0.15) is 5.69 Å². The lowest BCUT2D eigenvalue weighted by Gasteiger charge is -2.24. The van der Waals surface area contributed by atoms with Crippen LogP contribution in [0.15, 0.2) is 58.8 Å². The van der Waals surface area contributed by atoms with Crippen LogP contribution in [0.2, 0.25) is 5.02 Å². The molecule has 0 amide bonds. The molecule has 0 aliphatic heterocycles. The van der Waals surface area contributed by atoms with Gasteiger partial charge in [-0.1, -0.05) is 23.7 Å². The second kappa shape index (κ2) is 8.03. The molecule has 1 radical (unpaired) electrons. The predicted octanol–water partition coefficient (Wildman–Crippen LogP) is 3.94. The number of halogens is 1. The van der Waals surface area contributed by atoms with Gasteiger partial charge < -0.3 is 0 Å². The Labute approximate surface area is 165 Å². The molecule has 3 aromatic rings. The number of nitrogens with zero attached hydrogens (tertiary/aromatic N) is 3. The quantitative estimate of drug-likeness (QED) is 0.424. The maximum absolute atomic E-state index is 13.3. The molecule has 139 valence electrons. The van der Waals surface area contributed by atoms with Gasteiger partial charge in [-0.05, 0) is 30.3 Å². The number of nitro groups is 1. The molecule has 0 atom stereocenters. The molecule has 0 N–H and O–H groups in total. The molecule has 2 aromatic carbocycles. The Balaban J connectivity index is 2.05. The lowest BCUT2D eigenvalue weighted by atomic mass is 10.3. The molecular weight excluding hydrogens is 410 g/mol. The van der Waals surface area contributed by atoms with Crippen LogP contribution in [0, 0.1) is 15.6 Å². The summed E-state index contributed by atoms with van der Waals surface area (Å²) in [5.41, 5.74) is 3.29. The van der Waals surface area contributed by atoms with Crippen LogP contribution < -0.4 is 4.31 Å². The van der Waals surface area contributed by atoms with Crippen molar-refractivity contribution in [2.24, 2.45) is 0 Å². The number of anilines is 1. The number of benzene rings is 2. The van der Waals surface area contributed by atoms with Crippen LogP contribution in [0.4, 0.5) is 11.4 Å². The van der Waals surface area contributed by atoms with Gasteiger partial charge in [-0.3, -0.25) is 14.4 Å². The second-order valence-corrected chi connectivity index (χ2v) is 8.38. The van der Waals surface area contributed by atoms with E-state index in [2.05, 4.69) is 10.5 Å². The van der Waals surface area contributed by atoms with Gasteiger partial charge in [-0.2, -0.15) is 0 Å². The summed E-state index contributed by atoms with van der Waals surface area (Å²) in [5.74, 6) is 0. The number of nitro benzene ring substituents is 1. The average molecular weight is 423 g/mol. The number of aromatic nitrogens is 1. The molecule has 0 saturated heterocycles. The van der Waals surface area contributed by atoms with Gasteiger partial charge in [-0.25, -0.2) is 13.4 Å². The summed E-state index contributed by atoms with van der Waals surface area (Å²) >= 11 is 7.19. The van der Waals surface area contributed by atoms with E-state index in [4.69, 9.17) is 11.6 Å². The molecule has 0 saturated carbocycles. The first kappa shape index (κ1) is 19.3. The Morgan fingerprint density at radius 3 is 2.52 bits per heavy atom. The predicted molar refractivity (Wildman–Crippen MR) is 104 cm³/mol. The van der Waals surface area contributed by atoms with E-state index >= 15 is 0 Å². The number of thiazole rings is 1. The van der Waals surface area contributed by atoms with Gasteiger partial charge in [0.15, 0.2) is 10.4 Å². The second-order valence-electron chi connectivity index (χ2n) is 5.46. The lowest BCUT2D eigenvalue weighted by molar-refractivity contribution is -0.387. The number of hydrogen-bond donors (Lipinski definition) is 0. The third-order valence-electron chi connectivity index (χ3n) is 3.75. The van der Waals surface area contributed by atoms with E-state index in [0.717, 1.165) is 4.31 Å². The number of rotatable bonds is 7. The van der Waals surface area contributed by atoms with Crippen molar-refractivity contribution in [2.75, 3.05) is 10.8 Å². The summed E-state index contributed by atoms with van der Waals surface area (Å²) < 4.78 is 27.7. The molecule has 0 aliphatic rings. The Morgan fingerprint density at radius 2 is 1.89 bits per heavy atom. The largest absolute Gasteiger partial charge is 0.289 e. The molecule has 0 bridgehead atoms. The highest BCUT2D eigenvalue weighted by molar-refractivity contribution is 7.93. The van der Waals surface area contributed by atoms with Crippen molar-refractivity contribution in [1.29, 1.82) is 0 Å². The zero-order valence-electron chi connectivity index (χ0n) is 13.8. The molecule has 7 nitrogen and oxygen atoms in total. The van der Waals surface area contributed by atoms with E-state index in [-0.39, 0.29) is 11.4 Å². The van der Waals surface area contributed by atoms with Gasteiger partial charge in [0.05, 0.1) is 16.3 Å². The van der Waals surface area contributed by atoms with Gasteiger partial charge in [0.1, 0.15) is 0 Å². The molecule has 0 unspecified atom stereocenters. The first-order valence-corrected chi connectivity index (χ1v) is 10.4. The standard InChI is InChI=1S/C17H13ClN3O4S2/c18-13-5-7-15(8-6-13)20(10-9-14-11-26-12-19-14)27(24,25)17-4-2-1-3-16(17)21(22)23/h1-8,11H,9-10H2. The maximum Gasteiger partial charge on any atom is 0.289 e. The maximum atomic E-state index is 13.3. The van der Waals surface area contributed by atoms with Crippen molar-refractivity contribution in [3.05, 3.63) is 80.3 Å². The molecule has 1 aromatic heterocycles. The van der Waals surface area contributed by atoms with Crippen molar-refractivity contribution in [3.63, 3.8) is 0 Å². The lowest BCUT2D eigenvalue weighted by Crippen LogP contribution is -2.33. The van der Waals surface area contributed by atoms with Crippen molar-refractivity contribution >= 4 is 44.3 Å². The number of hydrogen-bond acceptors (Lipinski definition) is 6. The summed E-state index contributed by atoms with van der Waals surface area (Å²) in [4.78, 5) is 14.3. The van der Waals surface area contributed by atoms with Crippen LogP contribution in [0.5, 0.6) is 0 Å². The highest BCUT2D eigenvalue weighted by atomic mass is 35.5. The van der Waals surface area contributed by atoms with Crippen molar-refractivity contribution < 1.29 is 13.3 Å². The first-order valence-electron chi connectivity index (χ1n) is 7.72. The van der Waals surface area contributed by atoms with Crippen LogP contribution in [-0.4, -0.2) is 24.9 Å². The Kier molecular flexibility index (Phi) is 5.73. The molecule has 1 heterocycles. The average Bonchev–Trinajstić information content (AvgIpc) is 3.16. The van der Waals surface area contributed by atoms with Crippen LogP contribution >= 0.6 is 22.9 Å². The summed E-state index contributed by atoms with van der Waals surface area (Å²) in [6, 6.07) is 11.5. The fourth-order valence-corrected chi connectivity index (χ4v) is 4.76. The van der Waals surface area contributed by atoms with Crippen molar-refractivity contribution in [3.8, 4) is 0 Å².